The number of nitrogens with zero attached hydrogens (tertiary/aromatic N) is 1. The largest absolute Gasteiger partial charge is 0.330 e. The molecule has 1 amide bonds. The number of hydrogen-bond acceptors (Lipinski definition) is 4. The number of aromatic nitrogens is 1. The minimum absolute atomic E-state index is 0. The molecule has 0 aliphatic heterocycles. The summed E-state index contributed by atoms with van der Waals surface area (Å²) >= 11 is 1.53. The van der Waals surface area contributed by atoms with Crippen molar-refractivity contribution < 1.29 is 4.79 Å². The molecule has 6 heteroatoms. The van der Waals surface area contributed by atoms with Gasteiger partial charge in [-0.05, 0) is 18.9 Å². The third kappa shape index (κ3) is 4.92. The topological polar surface area (TPSA) is 68.0 Å². The van der Waals surface area contributed by atoms with Gasteiger partial charge in [0.25, 0.3) is 0 Å². The van der Waals surface area contributed by atoms with Crippen molar-refractivity contribution in [3.05, 3.63) is 11.1 Å². The van der Waals surface area contributed by atoms with Crippen LogP contribution in [0.3, 0.4) is 0 Å². The Hall–Kier alpha value is -0.650. The Labute approximate surface area is 106 Å². The molecule has 0 fully saturated rings. The molecule has 0 radical (unpaired) electrons. The van der Waals surface area contributed by atoms with E-state index in [4.69, 9.17) is 5.73 Å². The molecule has 3 N–H and O–H groups in total. The molecule has 1 aromatic heterocycles. The van der Waals surface area contributed by atoms with E-state index < -0.39 is 0 Å². The Morgan fingerprint density at radius 1 is 1.62 bits per heavy atom. The molecular weight excluding hydrogens is 246 g/mol. The van der Waals surface area contributed by atoms with Crippen molar-refractivity contribution in [2.45, 2.75) is 32.6 Å². The van der Waals surface area contributed by atoms with Crippen molar-refractivity contribution >= 4 is 34.8 Å². The van der Waals surface area contributed by atoms with Gasteiger partial charge in [0.1, 0.15) is 0 Å². The van der Waals surface area contributed by atoms with Gasteiger partial charge in [0.05, 0.1) is 0 Å². The fraction of sp³-hybridized carbons (Fsp3) is 0.600. The maximum absolute atomic E-state index is 11.4. The summed E-state index contributed by atoms with van der Waals surface area (Å²) in [6, 6.07) is 0. The first-order valence-corrected chi connectivity index (χ1v) is 5.90. The van der Waals surface area contributed by atoms with Crippen molar-refractivity contribution in [1.82, 2.24) is 4.98 Å². The van der Waals surface area contributed by atoms with Gasteiger partial charge in [-0.1, -0.05) is 13.8 Å². The second kappa shape index (κ2) is 7.60. The second-order valence-corrected chi connectivity index (χ2v) is 4.73. The van der Waals surface area contributed by atoms with Crippen LogP contribution in [0.5, 0.6) is 0 Å². The fourth-order valence-corrected chi connectivity index (χ4v) is 1.89. The molecule has 0 aliphatic carbocycles. The van der Waals surface area contributed by atoms with Crippen LogP contribution < -0.4 is 11.1 Å². The number of carbonyl (C=O) groups is 1. The predicted molar refractivity (Wildman–Crippen MR) is 70.4 cm³/mol. The first-order chi connectivity index (χ1) is 7.13. The van der Waals surface area contributed by atoms with Crippen LogP contribution in [-0.2, 0) is 4.79 Å². The van der Waals surface area contributed by atoms with Crippen molar-refractivity contribution in [1.29, 1.82) is 0 Å². The van der Waals surface area contributed by atoms with Crippen molar-refractivity contribution in [3.8, 4) is 0 Å². The number of nitrogens with one attached hydrogen (secondary N) is 1. The van der Waals surface area contributed by atoms with Gasteiger partial charge in [-0.3, -0.25) is 4.79 Å². The molecule has 0 bridgehead atoms. The molecule has 1 rings (SSSR count). The Bertz CT molecular complexity index is 328. The zero-order valence-corrected chi connectivity index (χ0v) is 11.2. The number of rotatable bonds is 5. The lowest BCUT2D eigenvalue weighted by Gasteiger charge is -2.00. The molecule has 1 aromatic rings. The average molecular weight is 264 g/mol. The molecule has 0 saturated carbocycles. The highest BCUT2D eigenvalue weighted by Crippen LogP contribution is 2.25. The van der Waals surface area contributed by atoms with E-state index >= 15 is 0 Å². The van der Waals surface area contributed by atoms with E-state index in [2.05, 4.69) is 24.1 Å². The molecule has 4 nitrogen and oxygen atoms in total. The third-order valence-electron chi connectivity index (χ3n) is 1.95. The summed E-state index contributed by atoms with van der Waals surface area (Å²) in [6.07, 6.45) is 3.00. The molecular formula is C10H18ClN3OS. The van der Waals surface area contributed by atoms with Crippen molar-refractivity contribution in [3.63, 3.8) is 0 Å². The zero-order valence-electron chi connectivity index (χ0n) is 9.53. The third-order valence-corrected chi connectivity index (χ3v) is 3.16. The highest BCUT2D eigenvalue weighted by atomic mass is 35.5. The van der Waals surface area contributed by atoms with Gasteiger partial charge in [0.2, 0.25) is 5.91 Å². The quantitative estimate of drug-likeness (QED) is 0.857. The van der Waals surface area contributed by atoms with E-state index in [1.807, 2.05) is 6.20 Å². The Balaban J connectivity index is 0.00000225. The SMILES string of the molecule is CC(C)c1cnc(NC(=O)CCCN)s1.Cl. The van der Waals surface area contributed by atoms with E-state index in [0.717, 1.165) is 0 Å². The number of carbonyl (C=O) groups excluding carboxylic acids is 1. The summed E-state index contributed by atoms with van der Waals surface area (Å²) in [5, 5.41) is 3.45. The average Bonchev–Trinajstić information content (AvgIpc) is 2.63. The van der Waals surface area contributed by atoms with E-state index in [-0.39, 0.29) is 18.3 Å². The van der Waals surface area contributed by atoms with Gasteiger partial charge >= 0.3 is 0 Å². The summed E-state index contributed by atoms with van der Waals surface area (Å²) in [4.78, 5) is 16.7. The standard InChI is InChI=1S/C10H17N3OS.ClH/c1-7(2)8-6-12-10(15-8)13-9(14)4-3-5-11;/h6-7H,3-5,11H2,1-2H3,(H,12,13,14);1H. The number of hydrogen-bond donors (Lipinski definition) is 2. The Morgan fingerprint density at radius 3 is 2.81 bits per heavy atom. The van der Waals surface area contributed by atoms with Crippen LogP contribution in [0.4, 0.5) is 5.13 Å². The lowest BCUT2D eigenvalue weighted by atomic mass is 10.2. The van der Waals surface area contributed by atoms with E-state index in [9.17, 15) is 4.79 Å². The minimum Gasteiger partial charge on any atom is -0.330 e. The van der Waals surface area contributed by atoms with Crippen LogP contribution in [0, 0.1) is 0 Å². The number of anilines is 1. The van der Waals surface area contributed by atoms with E-state index in [1.54, 1.807) is 0 Å². The smallest absolute Gasteiger partial charge is 0.226 e. The van der Waals surface area contributed by atoms with Crippen molar-refractivity contribution in [2.24, 2.45) is 5.73 Å². The molecule has 0 saturated heterocycles. The van der Waals surface area contributed by atoms with Gasteiger partial charge in [-0.2, -0.15) is 0 Å². The van der Waals surface area contributed by atoms with Crippen LogP contribution in [-0.4, -0.2) is 17.4 Å². The summed E-state index contributed by atoms with van der Waals surface area (Å²) in [7, 11) is 0. The normalized spacial score (nSPS) is 10.0. The van der Waals surface area contributed by atoms with Gasteiger partial charge in [-0.15, -0.1) is 23.7 Å². The van der Waals surface area contributed by atoms with Gasteiger partial charge in [-0.25, -0.2) is 4.98 Å². The van der Waals surface area contributed by atoms with Gasteiger partial charge in [0, 0.05) is 17.5 Å². The Kier molecular flexibility index (Phi) is 7.29. The van der Waals surface area contributed by atoms with Crippen LogP contribution in [0.1, 0.15) is 37.5 Å². The summed E-state index contributed by atoms with van der Waals surface area (Å²) < 4.78 is 0. The molecule has 1 heterocycles. The molecule has 0 aliphatic rings. The number of thiazole rings is 1. The van der Waals surface area contributed by atoms with Crippen molar-refractivity contribution in [2.75, 3.05) is 11.9 Å². The molecule has 0 unspecified atom stereocenters. The maximum Gasteiger partial charge on any atom is 0.226 e. The highest BCUT2D eigenvalue weighted by molar-refractivity contribution is 7.15. The van der Waals surface area contributed by atoms with Gasteiger partial charge < -0.3 is 11.1 Å². The summed E-state index contributed by atoms with van der Waals surface area (Å²) in [5.74, 6) is 0.447. The number of amides is 1. The molecule has 0 atom stereocenters. The predicted octanol–water partition coefficient (Wildman–Crippen LogP) is 2.37. The molecule has 0 spiro atoms. The zero-order chi connectivity index (χ0) is 11.3. The van der Waals surface area contributed by atoms with Crippen LogP contribution in [0.25, 0.3) is 0 Å². The second-order valence-electron chi connectivity index (χ2n) is 3.66. The number of nitrogens with two attached hydrogens (primary N) is 1. The highest BCUT2D eigenvalue weighted by Gasteiger charge is 2.07. The van der Waals surface area contributed by atoms with Gasteiger partial charge in [0.15, 0.2) is 5.13 Å². The van der Waals surface area contributed by atoms with E-state index in [0.29, 0.717) is 30.4 Å². The first kappa shape index (κ1) is 15.3. The van der Waals surface area contributed by atoms with E-state index in [1.165, 1.54) is 16.2 Å². The molecule has 16 heavy (non-hydrogen) atoms. The lowest BCUT2D eigenvalue weighted by Crippen LogP contribution is -2.13. The lowest BCUT2D eigenvalue weighted by molar-refractivity contribution is -0.116. The summed E-state index contributed by atoms with van der Waals surface area (Å²) in [5.41, 5.74) is 5.32. The first-order valence-electron chi connectivity index (χ1n) is 5.09. The van der Waals surface area contributed by atoms with Crippen LogP contribution in [0.15, 0.2) is 6.20 Å². The van der Waals surface area contributed by atoms with Crippen LogP contribution in [0.2, 0.25) is 0 Å². The molecule has 92 valence electrons. The maximum atomic E-state index is 11.4. The molecule has 0 aromatic carbocycles. The number of halogens is 1. The van der Waals surface area contributed by atoms with Crippen LogP contribution >= 0.6 is 23.7 Å². The Morgan fingerprint density at radius 2 is 2.31 bits per heavy atom. The fourth-order valence-electron chi connectivity index (χ4n) is 1.06. The minimum atomic E-state index is -0.00916. The monoisotopic (exact) mass is 263 g/mol. The summed E-state index contributed by atoms with van der Waals surface area (Å²) in [6.45, 7) is 4.75.